The molecule has 1 unspecified atom stereocenters. The van der Waals surface area contributed by atoms with Gasteiger partial charge in [-0.1, -0.05) is 29.8 Å². The number of para-hydroxylation sites is 3. The molecule has 1 aliphatic heterocycles. The van der Waals surface area contributed by atoms with Crippen molar-refractivity contribution in [1.82, 2.24) is 0 Å². The third kappa shape index (κ3) is 4.07. The largest absolute Gasteiger partial charge is 0.492 e. The van der Waals surface area contributed by atoms with Gasteiger partial charge in [-0.3, -0.25) is 9.59 Å². The predicted molar refractivity (Wildman–Crippen MR) is 112 cm³/mol. The van der Waals surface area contributed by atoms with Crippen molar-refractivity contribution in [1.29, 1.82) is 0 Å². The summed E-state index contributed by atoms with van der Waals surface area (Å²) in [5, 5.41) is 3.49. The summed E-state index contributed by atoms with van der Waals surface area (Å²) in [7, 11) is 3.73. The van der Waals surface area contributed by atoms with Gasteiger partial charge >= 0.3 is 0 Å². The molecule has 1 aliphatic rings. The van der Waals surface area contributed by atoms with Crippen molar-refractivity contribution in [3.05, 3.63) is 47.5 Å². The van der Waals surface area contributed by atoms with Gasteiger partial charge in [-0.15, -0.1) is 0 Å². The van der Waals surface area contributed by atoms with Crippen LogP contribution in [-0.4, -0.2) is 39.1 Å². The van der Waals surface area contributed by atoms with Gasteiger partial charge in [0.1, 0.15) is 5.75 Å². The number of anilines is 3. The van der Waals surface area contributed by atoms with Crippen LogP contribution in [0.1, 0.15) is 13.3 Å². The zero-order chi connectivity index (χ0) is 20.3. The van der Waals surface area contributed by atoms with E-state index in [-0.39, 0.29) is 18.2 Å². The average molecular weight is 402 g/mol. The predicted octanol–water partition coefficient (Wildman–Crippen LogP) is 3.80. The summed E-state index contributed by atoms with van der Waals surface area (Å²) in [6, 6.07) is 12.7. The van der Waals surface area contributed by atoms with Crippen molar-refractivity contribution in [3.8, 4) is 5.75 Å². The lowest BCUT2D eigenvalue weighted by molar-refractivity contribution is -0.122. The number of rotatable bonds is 6. The van der Waals surface area contributed by atoms with Gasteiger partial charge in [0.25, 0.3) is 0 Å². The number of ether oxygens (including phenoxy) is 1. The van der Waals surface area contributed by atoms with Crippen molar-refractivity contribution in [2.75, 3.05) is 42.4 Å². The van der Waals surface area contributed by atoms with E-state index in [0.717, 1.165) is 5.69 Å². The van der Waals surface area contributed by atoms with Crippen LogP contribution in [0.15, 0.2) is 42.5 Å². The highest BCUT2D eigenvalue weighted by Crippen LogP contribution is 2.35. The first-order valence-corrected chi connectivity index (χ1v) is 9.59. The Balaban J connectivity index is 1.78. The monoisotopic (exact) mass is 401 g/mol. The number of hydrogen-bond acceptors (Lipinski definition) is 4. The first-order chi connectivity index (χ1) is 13.4. The van der Waals surface area contributed by atoms with Crippen LogP contribution in [0.2, 0.25) is 5.02 Å². The number of benzene rings is 2. The number of carbonyl (C=O) groups is 2. The molecule has 1 heterocycles. The van der Waals surface area contributed by atoms with Crippen molar-refractivity contribution in [3.63, 3.8) is 0 Å². The van der Waals surface area contributed by atoms with Gasteiger partial charge in [0, 0.05) is 27.1 Å². The summed E-state index contributed by atoms with van der Waals surface area (Å²) in [4.78, 5) is 28.9. The quantitative estimate of drug-likeness (QED) is 0.799. The SMILES string of the molecule is CCOc1ccccc1N1CC(C(=O)Nc2cccc(Cl)c2N(C)C)CC1=O. The minimum absolute atomic E-state index is 0.0915. The fourth-order valence-electron chi connectivity index (χ4n) is 3.38. The Bertz CT molecular complexity index is 885. The average Bonchev–Trinajstić information content (AvgIpc) is 3.04. The summed E-state index contributed by atoms with van der Waals surface area (Å²) in [5.41, 5.74) is 2.06. The standard InChI is InChI=1S/C21H24ClN3O3/c1-4-28-18-11-6-5-10-17(18)25-13-14(12-19(25)26)21(27)23-16-9-7-8-15(22)20(16)24(2)3/h5-11,14H,4,12-13H2,1-3H3,(H,23,27). The maximum atomic E-state index is 12.9. The van der Waals surface area contributed by atoms with E-state index >= 15 is 0 Å². The lowest BCUT2D eigenvalue weighted by Crippen LogP contribution is -2.29. The lowest BCUT2D eigenvalue weighted by Gasteiger charge is -2.21. The maximum Gasteiger partial charge on any atom is 0.229 e. The van der Waals surface area contributed by atoms with Gasteiger partial charge in [-0.05, 0) is 31.2 Å². The minimum atomic E-state index is -0.448. The van der Waals surface area contributed by atoms with Gasteiger partial charge < -0.3 is 19.9 Å². The lowest BCUT2D eigenvalue weighted by atomic mass is 10.1. The fraction of sp³-hybridized carbons (Fsp3) is 0.333. The Morgan fingerprint density at radius 1 is 1.25 bits per heavy atom. The third-order valence-electron chi connectivity index (χ3n) is 4.64. The van der Waals surface area contributed by atoms with E-state index in [1.165, 1.54) is 0 Å². The second-order valence-electron chi connectivity index (χ2n) is 6.83. The van der Waals surface area contributed by atoms with E-state index in [1.807, 2.05) is 50.2 Å². The molecule has 3 rings (SSSR count). The molecule has 6 nitrogen and oxygen atoms in total. The van der Waals surface area contributed by atoms with Crippen LogP contribution in [0.4, 0.5) is 17.1 Å². The molecule has 28 heavy (non-hydrogen) atoms. The Morgan fingerprint density at radius 2 is 2.00 bits per heavy atom. The first-order valence-electron chi connectivity index (χ1n) is 9.21. The number of nitrogens with one attached hydrogen (secondary N) is 1. The number of carbonyl (C=O) groups excluding carboxylic acids is 2. The Labute approximate surface area is 170 Å². The molecular formula is C21H24ClN3O3. The molecule has 7 heteroatoms. The van der Waals surface area contributed by atoms with E-state index < -0.39 is 5.92 Å². The number of nitrogens with zero attached hydrogens (tertiary/aromatic N) is 2. The van der Waals surface area contributed by atoms with Gasteiger partial charge in [0.2, 0.25) is 11.8 Å². The van der Waals surface area contributed by atoms with Crippen molar-refractivity contribution in [2.24, 2.45) is 5.92 Å². The van der Waals surface area contributed by atoms with E-state index in [4.69, 9.17) is 16.3 Å². The van der Waals surface area contributed by atoms with Crippen molar-refractivity contribution >= 4 is 40.5 Å². The molecular weight excluding hydrogens is 378 g/mol. The number of hydrogen-bond donors (Lipinski definition) is 1. The van der Waals surface area contributed by atoms with Crippen LogP contribution >= 0.6 is 11.6 Å². The Morgan fingerprint density at radius 3 is 2.71 bits per heavy atom. The molecule has 1 N–H and O–H groups in total. The molecule has 148 valence electrons. The molecule has 1 saturated heterocycles. The van der Waals surface area contributed by atoms with Gasteiger partial charge in [-0.25, -0.2) is 0 Å². The summed E-state index contributed by atoms with van der Waals surface area (Å²) < 4.78 is 5.63. The normalized spacial score (nSPS) is 16.2. The van der Waals surface area contributed by atoms with Crippen LogP contribution in [0.3, 0.4) is 0 Å². The van der Waals surface area contributed by atoms with Gasteiger partial charge in [0.05, 0.1) is 34.6 Å². The van der Waals surface area contributed by atoms with E-state index in [1.54, 1.807) is 23.1 Å². The van der Waals surface area contributed by atoms with E-state index in [9.17, 15) is 9.59 Å². The Kier molecular flexibility index (Phi) is 6.09. The zero-order valence-electron chi connectivity index (χ0n) is 16.2. The summed E-state index contributed by atoms with van der Waals surface area (Å²) in [5.74, 6) is -0.0957. The zero-order valence-corrected chi connectivity index (χ0v) is 17.0. The smallest absolute Gasteiger partial charge is 0.229 e. The van der Waals surface area contributed by atoms with Gasteiger partial charge in [-0.2, -0.15) is 0 Å². The molecule has 0 spiro atoms. The number of amides is 2. The molecule has 1 atom stereocenters. The number of halogens is 1. The van der Waals surface area contributed by atoms with E-state index in [2.05, 4.69) is 5.32 Å². The van der Waals surface area contributed by atoms with E-state index in [0.29, 0.717) is 35.3 Å². The third-order valence-corrected chi connectivity index (χ3v) is 4.95. The molecule has 0 bridgehead atoms. The maximum absolute atomic E-state index is 12.9. The summed E-state index contributed by atoms with van der Waals surface area (Å²) >= 11 is 6.27. The van der Waals surface area contributed by atoms with Crippen molar-refractivity contribution in [2.45, 2.75) is 13.3 Å². The van der Waals surface area contributed by atoms with Crippen LogP contribution in [0, 0.1) is 5.92 Å². The summed E-state index contributed by atoms with van der Waals surface area (Å²) in [6.07, 6.45) is 0.157. The van der Waals surface area contributed by atoms with Crippen molar-refractivity contribution < 1.29 is 14.3 Å². The van der Waals surface area contributed by atoms with Crippen LogP contribution < -0.4 is 19.9 Å². The molecule has 0 saturated carbocycles. The molecule has 0 radical (unpaired) electrons. The molecule has 1 fully saturated rings. The molecule has 0 aliphatic carbocycles. The van der Waals surface area contributed by atoms with Crippen LogP contribution in [0.5, 0.6) is 5.75 Å². The minimum Gasteiger partial charge on any atom is -0.492 e. The second kappa shape index (κ2) is 8.52. The molecule has 2 amide bonds. The van der Waals surface area contributed by atoms with Gasteiger partial charge in [0.15, 0.2) is 0 Å². The Hall–Kier alpha value is -2.73. The second-order valence-corrected chi connectivity index (χ2v) is 7.23. The molecule has 2 aromatic carbocycles. The highest BCUT2D eigenvalue weighted by Gasteiger charge is 2.36. The fourth-order valence-corrected chi connectivity index (χ4v) is 3.72. The summed E-state index contributed by atoms with van der Waals surface area (Å²) in [6.45, 7) is 2.71. The highest BCUT2D eigenvalue weighted by atomic mass is 35.5. The first kappa shape index (κ1) is 20.0. The molecule has 2 aromatic rings. The highest BCUT2D eigenvalue weighted by molar-refractivity contribution is 6.34. The topological polar surface area (TPSA) is 61.9 Å². The van der Waals surface area contributed by atoms with Crippen LogP contribution in [-0.2, 0) is 9.59 Å². The molecule has 0 aromatic heterocycles. The van der Waals surface area contributed by atoms with Crippen LogP contribution in [0.25, 0.3) is 0 Å².